The minimum atomic E-state index is 0.0732. The van der Waals surface area contributed by atoms with E-state index in [4.69, 9.17) is 0 Å². The number of benzene rings is 1. The number of nitrogens with zero attached hydrogens (tertiary/aromatic N) is 2. The number of aryl methyl sites for hydroxylation is 1. The summed E-state index contributed by atoms with van der Waals surface area (Å²) in [6.07, 6.45) is 0. The lowest BCUT2D eigenvalue weighted by Gasteiger charge is -2.18. The second kappa shape index (κ2) is 5.74. The number of hydrogen-bond donors (Lipinski definition) is 0. The topological polar surface area (TPSA) is 25.2 Å². The van der Waals surface area contributed by atoms with Crippen molar-refractivity contribution in [3.63, 3.8) is 0 Å². The van der Waals surface area contributed by atoms with E-state index in [9.17, 15) is 4.79 Å². The summed E-state index contributed by atoms with van der Waals surface area (Å²) in [4.78, 5) is 14.5. The van der Waals surface area contributed by atoms with E-state index in [0.717, 1.165) is 23.3 Å². The summed E-state index contributed by atoms with van der Waals surface area (Å²) in [6, 6.07) is 14.2. The fourth-order valence-electron chi connectivity index (χ4n) is 2.62. The Morgan fingerprint density at radius 2 is 2.00 bits per heavy atom. The maximum atomic E-state index is 12.7. The largest absolute Gasteiger partial charge is 0.336 e. The molecule has 2 aromatic heterocycles. The van der Waals surface area contributed by atoms with Gasteiger partial charge in [0.25, 0.3) is 5.91 Å². The van der Waals surface area contributed by atoms with Crippen molar-refractivity contribution in [2.75, 3.05) is 7.05 Å². The van der Waals surface area contributed by atoms with Gasteiger partial charge < -0.3 is 9.47 Å². The number of aromatic nitrogens is 1. The van der Waals surface area contributed by atoms with E-state index in [1.54, 1.807) is 16.2 Å². The number of carbonyl (C=O) groups is 1. The van der Waals surface area contributed by atoms with Gasteiger partial charge in [0.15, 0.2) is 0 Å². The minimum absolute atomic E-state index is 0.0732. The molecular weight excluding hydrogens is 280 g/mol. The molecule has 0 unspecified atom stereocenters. The Bertz CT molecular complexity index is 758. The number of thiophene rings is 1. The minimum Gasteiger partial charge on any atom is -0.336 e. The van der Waals surface area contributed by atoms with Gasteiger partial charge in [0.1, 0.15) is 5.69 Å². The predicted molar refractivity (Wildman–Crippen MR) is 87.7 cm³/mol. The first-order chi connectivity index (χ1) is 10.2. The van der Waals surface area contributed by atoms with Gasteiger partial charge in [0, 0.05) is 20.1 Å². The molecule has 2 heterocycles. The summed E-state index contributed by atoms with van der Waals surface area (Å²) >= 11 is 1.68. The molecular formula is C17H18N2OS. The number of rotatable bonds is 4. The summed E-state index contributed by atoms with van der Waals surface area (Å²) in [6.45, 7) is 3.51. The molecule has 0 radical (unpaired) electrons. The molecule has 3 nitrogen and oxygen atoms in total. The maximum Gasteiger partial charge on any atom is 0.270 e. The number of fused-ring (bicyclic) bond motifs is 1. The van der Waals surface area contributed by atoms with Gasteiger partial charge in [-0.25, -0.2) is 0 Å². The van der Waals surface area contributed by atoms with Gasteiger partial charge in [-0.3, -0.25) is 4.79 Å². The first kappa shape index (κ1) is 13.9. The standard InChI is InChI=1S/C17H18N2OS/c1-3-19-14-9-10-21-16(14)11-15(19)17(20)18(2)12-13-7-5-4-6-8-13/h4-11H,3,12H2,1-2H3. The molecule has 0 fully saturated rings. The molecule has 0 saturated carbocycles. The second-order valence-corrected chi connectivity index (χ2v) is 6.04. The van der Waals surface area contributed by atoms with Crippen molar-refractivity contribution >= 4 is 27.5 Å². The highest BCUT2D eigenvalue weighted by molar-refractivity contribution is 7.17. The Hall–Kier alpha value is -2.07. The monoisotopic (exact) mass is 298 g/mol. The summed E-state index contributed by atoms with van der Waals surface area (Å²) < 4.78 is 3.27. The number of amides is 1. The molecule has 1 aromatic carbocycles. The first-order valence-electron chi connectivity index (χ1n) is 7.07. The third-order valence-electron chi connectivity index (χ3n) is 3.67. The Morgan fingerprint density at radius 1 is 1.24 bits per heavy atom. The van der Waals surface area contributed by atoms with Gasteiger partial charge in [-0.15, -0.1) is 11.3 Å². The lowest BCUT2D eigenvalue weighted by molar-refractivity contribution is 0.0775. The predicted octanol–water partition coefficient (Wildman–Crippen LogP) is 3.99. The molecule has 0 aliphatic carbocycles. The van der Waals surface area contributed by atoms with Crippen molar-refractivity contribution in [3.8, 4) is 0 Å². The van der Waals surface area contributed by atoms with E-state index < -0.39 is 0 Å². The smallest absolute Gasteiger partial charge is 0.270 e. The van der Waals surface area contributed by atoms with Crippen LogP contribution in [-0.2, 0) is 13.1 Å². The molecule has 4 heteroatoms. The van der Waals surface area contributed by atoms with Crippen molar-refractivity contribution in [1.82, 2.24) is 9.47 Å². The Kier molecular flexibility index (Phi) is 3.80. The molecule has 108 valence electrons. The summed E-state index contributed by atoms with van der Waals surface area (Å²) in [5, 5.41) is 2.07. The highest BCUT2D eigenvalue weighted by atomic mass is 32.1. The van der Waals surface area contributed by atoms with E-state index in [2.05, 4.69) is 22.9 Å². The normalized spacial score (nSPS) is 11.0. The van der Waals surface area contributed by atoms with Crippen LogP contribution in [0.15, 0.2) is 47.8 Å². The van der Waals surface area contributed by atoms with Crippen LogP contribution in [-0.4, -0.2) is 22.4 Å². The molecule has 1 amide bonds. The van der Waals surface area contributed by atoms with Crippen LogP contribution in [0.1, 0.15) is 23.0 Å². The third kappa shape index (κ3) is 2.59. The van der Waals surface area contributed by atoms with Crippen LogP contribution in [0.25, 0.3) is 10.2 Å². The Morgan fingerprint density at radius 3 is 2.71 bits per heavy atom. The highest BCUT2D eigenvalue weighted by Gasteiger charge is 2.18. The van der Waals surface area contributed by atoms with Crippen molar-refractivity contribution in [3.05, 3.63) is 59.1 Å². The molecule has 0 aliphatic rings. The first-order valence-corrected chi connectivity index (χ1v) is 7.94. The van der Waals surface area contributed by atoms with Crippen LogP contribution in [0, 0.1) is 0 Å². The number of carbonyl (C=O) groups excluding carboxylic acids is 1. The zero-order valence-corrected chi connectivity index (χ0v) is 13.1. The summed E-state index contributed by atoms with van der Waals surface area (Å²) in [5.74, 6) is 0.0732. The maximum absolute atomic E-state index is 12.7. The molecule has 3 aromatic rings. The van der Waals surface area contributed by atoms with Crippen LogP contribution in [0.4, 0.5) is 0 Å². The fraction of sp³-hybridized carbons (Fsp3) is 0.235. The van der Waals surface area contributed by atoms with E-state index in [0.29, 0.717) is 6.54 Å². The van der Waals surface area contributed by atoms with Gasteiger partial charge in [-0.1, -0.05) is 30.3 Å². The van der Waals surface area contributed by atoms with Crippen molar-refractivity contribution in [1.29, 1.82) is 0 Å². The average Bonchev–Trinajstić information content (AvgIpc) is 3.07. The van der Waals surface area contributed by atoms with Crippen LogP contribution < -0.4 is 0 Å². The summed E-state index contributed by atoms with van der Waals surface area (Å²) in [5.41, 5.74) is 3.07. The Balaban J connectivity index is 1.87. The molecule has 21 heavy (non-hydrogen) atoms. The fourth-order valence-corrected chi connectivity index (χ4v) is 3.44. The second-order valence-electron chi connectivity index (χ2n) is 5.09. The molecule has 3 rings (SSSR count). The highest BCUT2D eigenvalue weighted by Crippen LogP contribution is 2.26. The zero-order valence-electron chi connectivity index (χ0n) is 12.2. The van der Waals surface area contributed by atoms with Crippen LogP contribution in [0.2, 0.25) is 0 Å². The molecule has 0 spiro atoms. The van der Waals surface area contributed by atoms with Crippen molar-refractivity contribution in [2.45, 2.75) is 20.0 Å². The van der Waals surface area contributed by atoms with Crippen LogP contribution in [0.5, 0.6) is 0 Å². The molecule has 0 atom stereocenters. The van der Waals surface area contributed by atoms with Crippen LogP contribution >= 0.6 is 11.3 Å². The van der Waals surface area contributed by atoms with E-state index in [-0.39, 0.29) is 5.91 Å². The molecule has 0 N–H and O–H groups in total. The van der Waals surface area contributed by atoms with Gasteiger partial charge >= 0.3 is 0 Å². The molecule has 0 aliphatic heterocycles. The van der Waals surface area contributed by atoms with Gasteiger partial charge in [0.05, 0.1) is 10.2 Å². The SMILES string of the molecule is CCn1c(C(=O)N(C)Cc2ccccc2)cc2sccc21. The van der Waals surface area contributed by atoms with E-state index in [1.165, 1.54) is 4.70 Å². The molecule has 0 saturated heterocycles. The van der Waals surface area contributed by atoms with E-state index >= 15 is 0 Å². The van der Waals surface area contributed by atoms with Gasteiger partial charge in [-0.2, -0.15) is 0 Å². The van der Waals surface area contributed by atoms with Crippen molar-refractivity contribution in [2.24, 2.45) is 0 Å². The van der Waals surface area contributed by atoms with Crippen LogP contribution in [0.3, 0.4) is 0 Å². The van der Waals surface area contributed by atoms with Gasteiger partial charge in [0.2, 0.25) is 0 Å². The molecule has 0 bridgehead atoms. The lowest BCUT2D eigenvalue weighted by Crippen LogP contribution is -2.28. The lowest BCUT2D eigenvalue weighted by atomic mass is 10.2. The van der Waals surface area contributed by atoms with Crippen molar-refractivity contribution < 1.29 is 4.79 Å². The summed E-state index contributed by atoms with van der Waals surface area (Å²) in [7, 11) is 1.86. The van der Waals surface area contributed by atoms with Gasteiger partial charge in [-0.05, 0) is 30.0 Å². The quantitative estimate of drug-likeness (QED) is 0.715. The third-order valence-corrected chi connectivity index (χ3v) is 4.52. The zero-order chi connectivity index (χ0) is 14.8. The Labute approximate surface area is 128 Å². The average molecular weight is 298 g/mol. The van der Waals surface area contributed by atoms with E-state index in [1.807, 2.05) is 43.4 Å². The number of hydrogen-bond acceptors (Lipinski definition) is 2.